The fraction of sp³-hybridized carbons (Fsp3) is 0.125. The summed E-state index contributed by atoms with van der Waals surface area (Å²) in [4.78, 5) is 3.81. The maximum absolute atomic E-state index is 13.2. The molecule has 3 heterocycles. The first-order valence-corrected chi connectivity index (χ1v) is 6.66. The van der Waals surface area contributed by atoms with Crippen molar-refractivity contribution >= 4 is 22.1 Å². The predicted molar refractivity (Wildman–Crippen MR) is 76.7 cm³/mol. The Morgan fingerprint density at radius 1 is 1.24 bits per heavy atom. The van der Waals surface area contributed by atoms with E-state index in [1.54, 1.807) is 6.07 Å². The molecule has 0 N–H and O–H groups in total. The van der Waals surface area contributed by atoms with Crippen LogP contribution < -0.4 is 4.68 Å². The van der Waals surface area contributed by atoms with E-state index < -0.39 is 5.95 Å². The fourth-order valence-corrected chi connectivity index (χ4v) is 2.69. The van der Waals surface area contributed by atoms with Gasteiger partial charge in [-0.25, -0.2) is 0 Å². The zero-order chi connectivity index (χ0) is 14.6. The second-order valence-corrected chi connectivity index (χ2v) is 5.13. The van der Waals surface area contributed by atoms with Crippen LogP contribution in [0.5, 0.6) is 0 Å². The zero-order valence-corrected chi connectivity index (χ0v) is 11.7. The molecule has 4 aromatic rings. The van der Waals surface area contributed by atoms with Gasteiger partial charge in [0.25, 0.3) is 0 Å². The number of nitrogens with zero attached hydrogens (tertiary/aromatic N) is 3. The topological polar surface area (TPSA) is 34.8 Å². The van der Waals surface area contributed by atoms with Crippen molar-refractivity contribution < 1.29 is 13.5 Å². The van der Waals surface area contributed by atoms with Gasteiger partial charge in [-0.15, -0.1) is 9.36 Å². The molecule has 5 heteroatoms. The largest absolute Gasteiger partial charge is 0.438 e. The normalized spacial score (nSPS) is 11.6. The fourth-order valence-electron chi connectivity index (χ4n) is 2.69. The van der Waals surface area contributed by atoms with Crippen LogP contribution in [0, 0.1) is 12.9 Å². The van der Waals surface area contributed by atoms with Gasteiger partial charge >= 0.3 is 0 Å². The third-order valence-corrected chi connectivity index (χ3v) is 3.74. The Balaban J connectivity index is 2.08. The highest BCUT2D eigenvalue weighted by atomic mass is 19.1. The van der Waals surface area contributed by atoms with Gasteiger partial charge in [0.15, 0.2) is 13.2 Å². The minimum Gasteiger partial charge on any atom is -0.438 e. The first-order valence-electron chi connectivity index (χ1n) is 6.66. The first-order chi connectivity index (χ1) is 10.1. The van der Waals surface area contributed by atoms with Crippen LogP contribution in [0.4, 0.5) is 4.39 Å². The maximum Gasteiger partial charge on any atom is 0.229 e. The van der Waals surface area contributed by atoms with Crippen molar-refractivity contribution in [3.05, 3.63) is 54.2 Å². The smallest absolute Gasteiger partial charge is 0.229 e. The van der Waals surface area contributed by atoms with E-state index in [9.17, 15) is 4.39 Å². The molecule has 3 aromatic heterocycles. The van der Waals surface area contributed by atoms with E-state index in [-0.39, 0.29) is 0 Å². The van der Waals surface area contributed by atoms with Crippen LogP contribution in [0.3, 0.4) is 0 Å². The van der Waals surface area contributed by atoms with Gasteiger partial charge in [0, 0.05) is 16.8 Å². The standard InChI is InChI=1S/C16H13FN3O/c1-10-8-14-12(9-13(10)20-7-3-6-19(20)2)11-4-5-15(17)18-16(11)21-14/h3-9H,1-2H3/q+1. The third kappa shape index (κ3) is 1.74. The van der Waals surface area contributed by atoms with Crippen molar-refractivity contribution in [3.63, 3.8) is 0 Å². The molecule has 0 aliphatic carbocycles. The second kappa shape index (κ2) is 4.15. The summed E-state index contributed by atoms with van der Waals surface area (Å²) in [6, 6.07) is 9.05. The molecule has 0 saturated heterocycles. The molecule has 4 rings (SSSR count). The molecule has 0 fully saturated rings. The van der Waals surface area contributed by atoms with Gasteiger partial charge in [-0.3, -0.25) is 0 Å². The number of aryl methyl sites for hydroxylation is 2. The van der Waals surface area contributed by atoms with E-state index in [1.807, 2.05) is 47.9 Å². The molecule has 0 amide bonds. The highest BCUT2D eigenvalue weighted by Crippen LogP contribution is 2.30. The molecule has 0 spiro atoms. The Morgan fingerprint density at radius 2 is 2.10 bits per heavy atom. The van der Waals surface area contributed by atoms with Crippen LogP contribution in [0.2, 0.25) is 0 Å². The van der Waals surface area contributed by atoms with Gasteiger partial charge in [-0.2, -0.15) is 9.37 Å². The SMILES string of the molecule is Cc1cc2oc3nc(F)ccc3c2cc1-n1ccc[n+]1C. The summed E-state index contributed by atoms with van der Waals surface area (Å²) in [7, 11) is 1.98. The lowest BCUT2D eigenvalue weighted by atomic mass is 10.1. The molecule has 21 heavy (non-hydrogen) atoms. The number of fused-ring (bicyclic) bond motifs is 3. The Morgan fingerprint density at radius 3 is 2.86 bits per heavy atom. The lowest BCUT2D eigenvalue weighted by molar-refractivity contribution is -0.744. The number of benzene rings is 1. The van der Waals surface area contributed by atoms with E-state index in [0.29, 0.717) is 5.71 Å². The van der Waals surface area contributed by atoms with E-state index in [4.69, 9.17) is 4.42 Å². The van der Waals surface area contributed by atoms with Gasteiger partial charge in [-0.05, 0) is 36.8 Å². The highest BCUT2D eigenvalue weighted by molar-refractivity contribution is 6.04. The number of rotatable bonds is 1. The summed E-state index contributed by atoms with van der Waals surface area (Å²) in [6.07, 6.45) is 3.97. The molecule has 0 atom stereocenters. The molecule has 0 bridgehead atoms. The monoisotopic (exact) mass is 282 g/mol. The predicted octanol–water partition coefficient (Wildman–Crippen LogP) is 3.04. The Hall–Kier alpha value is -2.69. The Labute approximate surface area is 120 Å². The molecule has 0 unspecified atom stereocenters. The first kappa shape index (κ1) is 12.1. The van der Waals surface area contributed by atoms with Crippen LogP contribution in [0.25, 0.3) is 27.8 Å². The van der Waals surface area contributed by atoms with Crippen LogP contribution in [0.15, 0.2) is 47.1 Å². The minimum absolute atomic E-state index is 0.332. The molecule has 0 radical (unpaired) electrons. The van der Waals surface area contributed by atoms with Gasteiger partial charge in [0.1, 0.15) is 11.3 Å². The molecule has 0 aliphatic heterocycles. The molecule has 0 aliphatic rings. The number of hydrogen-bond donors (Lipinski definition) is 0. The van der Waals surface area contributed by atoms with Gasteiger partial charge in [0.2, 0.25) is 11.7 Å². The summed E-state index contributed by atoms with van der Waals surface area (Å²) in [5, 5.41) is 1.76. The number of aromatic nitrogens is 3. The van der Waals surface area contributed by atoms with Gasteiger partial charge < -0.3 is 4.42 Å². The Kier molecular flexibility index (Phi) is 2.39. The van der Waals surface area contributed by atoms with Crippen molar-refractivity contribution in [2.75, 3.05) is 0 Å². The summed E-state index contributed by atoms with van der Waals surface area (Å²) >= 11 is 0. The average molecular weight is 282 g/mol. The molecular weight excluding hydrogens is 269 g/mol. The van der Waals surface area contributed by atoms with Crippen molar-refractivity contribution in [3.8, 4) is 5.69 Å². The van der Waals surface area contributed by atoms with Gasteiger partial charge in [-0.1, -0.05) is 0 Å². The van der Waals surface area contributed by atoms with Crippen molar-refractivity contribution in [1.82, 2.24) is 9.67 Å². The maximum atomic E-state index is 13.2. The number of halogens is 1. The molecule has 104 valence electrons. The van der Waals surface area contributed by atoms with Crippen LogP contribution in [-0.4, -0.2) is 9.67 Å². The Bertz CT molecular complexity index is 984. The lowest BCUT2D eigenvalue weighted by Gasteiger charge is -2.04. The number of hydrogen-bond acceptors (Lipinski definition) is 2. The summed E-state index contributed by atoms with van der Waals surface area (Å²) in [5.74, 6) is -0.532. The van der Waals surface area contributed by atoms with E-state index in [2.05, 4.69) is 11.1 Å². The second-order valence-electron chi connectivity index (χ2n) is 5.13. The summed E-state index contributed by atoms with van der Waals surface area (Å²) in [5.41, 5.74) is 3.19. The van der Waals surface area contributed by atoms with Crippen LogP contribution >= 0.6 is 0 Å². The molecular formula is C16H13FN3O+. The van der Waals surface area contributed by atoms with Crippen molar-refractivity contribution in [2.45, 2.75) is 6.92 Å². The molecule has 0 saturated carbocycles. The number of pyridine rings is 1. The quantitative estimate of drug-likeness (QED) is 0.397. The van der Waals surface area contributed by atoms with Crippen LogP contribution in [0.1, 0.15) is 5.56 Å². The third-order valence-electron chi connectivity index (χ3n) is 3.74. The average Bonchev–Trinajstić information content (AvgIpc) is 3.00. The number of furan rings is 1. The van der Waals surface area contributed by atoms with E-state index >= 15 is 0 Å². The van der Waals surface area contributed by atoms with Crippen LogP contribution in [-0.2, 0) is 7.05 Å². The molecule has 4 nitrogen and oxygen atoms in total. The zero-order valence-electron chi connectivity index (χ0n) is 11.7. The lowest BCUT2D eigenvalue weighted by Crippen LogP contribution is -2.36. The van der Waals surface area contributed by atoms with E-state index in [1.165, 1.54) is 6.07 Å². The summed E-state index contributed by atoms with van der Waals surface area (Å²) < 4.78 is 22.9. The van der Waals surface area contributed by atoms with Crippen molar-refractivity contribution in [1.29, 1.82) is 0 Å². The summed E-state index contributed by atoms with van der Waals surface area (Å²) in [6.45, 7) is 2.02. The van der Waals surface area contributed by atoms with Crippen molar-refractivity contribution in [2.24, 2.45) is 7.05 Å². The minimum atomic E-state index is -0.532. The van der Waals surface area contributed by atoms with E-state index in [0.717, 1.165) is 27.6 Å². The highest BCUT2D eigenvalue weighted by Gasteiger charge is 2.15. The van der Waals surface area contributed by atoms with Gasteiger partial charge in [0.05, 0.1) is 6.20 Å². The molecule has 1 aromatic carbocycles.